The first-order valence-electron chi connectivity index (χ1n) is 6.93. The van der Waals surface area contributed by atoms with Gasteiger partial charge in [0, 0.05) is 13.1 Å². The number of rotatable bonds is 6. The standard InChI is InChI=1S/C15H23N3O2/c1-15(6-3-7-15)10-17-9-11-4-5-13(20-2)12(8-11)14(16)18-19/h4-5,8,17,19H,3,6-7,9-10H2,1-2H3,(H2,16,18). The molecule has 0 aliphatic heterocycles. The maximum atomic E-state index is 8.81. The predicted molar refractivity (Wildman–Crippen MR) is 79.2 cm³/mol. The van der Waals surface area contributed by atoms with Crippen LogP contribution < -0.4 is 15.8 Å². The highest BCUT2D eigenvalue weighted by molar-refractivity contribution is 5.99. The maximum Gasteiger partial charge on any atom is 0.173 e. The summed E-state index contributed by atoms with van der Waals surface area (Å²) in [6.07, 6.45) is 3.95. The van der Waals surface area contributed by atoms with Gasteiger partial charge < -0.3 is 21.0 Å². The van der Waals surface area contributed by atoms with Crippen LogP contribution in [0.1, 0.15) is 37.3 Å². The number of amidine groups is 1. The molecule has 1 fully saturated rings. The largest absolute Gasteiger partial charge is 0.496 e. The van der Waals surface area contributed by atoms with Crippen LogP contribution in [0.4, 0.5) is 0 Å². The van der Waals surface area contributed by atoms with Crippen LogP contribution in [-0.2, 0) is 6.54 Å². The lowest BCUT2D eigenvalue weighted by molar-refractivity contribution is 0.156. The summed E-state index contributed by atoms with van der Waals surface area (Å²) >= 11 is 0. The molecule has 1 aromatic carbocycles. The Labute approximate surface area is 119 Å². The normalized spacial score (nSPS) is 17.6. The molecule has 2 rings (SSSR count). The second-order valence-corrected chi connectivity index (χ2v) is 5.79. The van der Waals surface area contributed by atoms with Gasteiger partial charge in [-0.05, 0) is 36.0 Å². The molecule has 1 saturated carbocycles. The van der Waals surface area contributed by atoms with Gasteiger partial charge in [0.1, 0.15) is 5.75 Å². The molecular weight excluding hydrogens is 254 g/mol. The SMILES string of the molecule is COc1ccc(CNCC2(C)CCC2)cc1/C(N)=N/O. The molecular formula is C15H23N3O2. The Morgan fingerprint density at radius 3 is 2.80 bits per heavy atom. The van der Waals surface area contributed by atoms with Crippen molar-refractivity contribution in [2.45, 2.75) is 32.7 Å². The third-order valence-corrected chi connectivity index (χ3v) is 4.09. The summed E-state index contributed by atoms with van der Waals surface area (Å²) in [5.74, 6) is 0.671. The van der Waals surface area contributed by atoms with Gasteiger partial charge in [-0.15, -0.1) is 0 Å². The molecule has 0 saturated heterocycles. The van der Waals surface area contributed by atoms with E-state index in [0.29, 0.717) is 16.7 Å². The van der Waals surface area contributed by atoms with Crippen molar-refractivity contribution in [1.29, 1.82) is 0 Å². The summed E-state index contributed by atoms with van der Waals surface area (Å²) in [6, 6.07) is 5.72. The minimum atomic E-state index is 0.0645. The second kappa shape index (κ2) is 6.13. The molecule has 0 unspecified atom stereocenters. The number of benzene rings is 1. The minimum absolute atomic E-state index is 0.0645. The molecule has 1 aliphatic carbocycles. The van der Waals surface area contributed by atoms with Crippen LogP contribution in [0.15, 0.2) is 23.4 Å². The lowest BCUT2D eigenvalue weighted by Gasteiger charge is -2.38. The number of nitrogens with zero attached hydrogens (tertiary/aromatic N) is 1. The smallest absolute Gasteiger partial charge is 0.173 e. The number of nitrogens with two attached hydrogens (primary N) is 1. The van der Waals surface area contributed by atoms with Gasteiger partial charge in [0.15, 0.2) is 5.84 Å². The zero-order chi connectivity index (χ0) is 14.6. The highest BCUT2D eigenvalue weighted by Crippen LogP contribution is 2.39. The van der Waals surface area contributed by atoms with Crippen LogP contribution in [0.2, 0.25) is 0 Å². The highest BCUT2D eigenvalue weighted by Gasteiger charge is 2.30. The fraction of sp³-hybridized carbons (Fsp3) is 0.533. The maximum absolute atomic E-state index is 8.81. The van der Waals surface area contributed by atoms with Gasteiger partial charge in [-0.2, -0.15) is 0 Å². The molecule has 0 bridgehead atoms. The Morgan fingerprint density at radius 2 is 2.25 bits per heavy atom. The second-order valence-electron chi connectivity index (χ2n) is 5.79. The third-order valence-electron chi connectivity index (χ3n) is 4.09. The highest BCUT2D eigenvalue weighted by atomic mass is 16.5. The monoisotopic (exact) mass is 277 g/mol. The number of oxime groups is 1. The molecule has 0 radical (unpaired) electrons. The molecule has 20 heavy (non-hydrogen) atoms. The fourth-order valence-corrected chi connectivity index (χ4v) is 2.58. The van der Waals surface area contributed by atoms with Crippen LogP contribution in [0, 0.1) is 5.41 Å². The summed E-state index contributed by atoms with van der Waals surface area (Å²) in [7, 11) is 1.57. The van der Waals surface area contributed by atoms with Gasteiger partial charge in [0.25, 0.3) is 0 Å². The van der Waals surface area contributed by atoms with Crippen molar-refractivity contribution in [3.8, 4) is 5.75 Å². The van der Waals surface area contributed by atoms with Crippen LogP contribution in [-0.4, -0.2) is 24.7 Å². The molecule has 5 heteroatoms. The number of nitrogens with one attached hydrogen (secondary N) is 1. The van der Waals surface area contributed by atoms with Crippen molar-refractivity contribution in [3.05, 3.63) is 29.3 Å². The third kappa shape index (κ3) is 3.22. The first-order chi connectivity index (χ1) is 9.58. The van der Waals surface area contributed by atoms with Crippen LogP contribution >= 0.6 is 0 Å². The van der Waals surface area contributed by atoms with E-state index in [4.69, 9.17) is 15.7 Å². The number of hydrogen-bond acceptors (Lipinski definition) is 4. The quantitative estimate of drug-likeness (QED) is 0.322. The first-order valence-corrected chi connectivity index (χ1v) is 6.93. The van der Waals surface area contributed by atoms with Crippen molar-refractivity contribution in [1.82, 2.24) is 5.32 Å². The number of hydrogen-bond donors (Lipinski definition) is 3. The van der Waals surface area contributed by atoms with Crippen molar-refractivity contribution in [3.63, 3.8) is 0 Å². The van der Waals surface area contributed by atoms with E-state index in [1.54, 1.807) is 7.11 Å². The van der Waals surface area contributed by atoms with Gasteiger partial charge in [0.2, 0.25) is 0 Å². The minimum Gasteiger partial charge on any atom is -0.496 e. The van der Waals surface area contributed by atoms with E-state index in [2.05, 4.69) is 17.4 Å². The van der Waals surface area contributed by atoms with Crippen molar-refractivity contribution in [2.24, 2.45) is 16.3 Å². The molecule has 1 aromatic rings. The van der Waals surface area contributed by atoms with Crippen LogP contribution in [0.5, 0.6) is 5.75 Å². The Balaban J connectivity index is 2.01. The lowest BCUT2D eigenvalue weighted by Crippen LogP contribution is -2.37. The Morgan fingerprint density at radius 1 is 1.50 bits per heavy atom. The van der Waals surface area contributed by atoms with Crippen molar-refractivity contribution >= 4 is 5.84 Å². The average Bonchev–Trinajstić information content (AvgIpc) is 2.44. The van der Waals surface area contributed by atoms with E-state index in [1.165, 1.54) is 19.3 Å². The molecule has 5 nitrogen and oxygen atoms in total. The zero-order valence-electron chi connectivity index (χ0n) is 12.1. The molecule has 1 aliphatic rings. The first kappa shape index (κ1) is 14.7. The summed E-state index contributed by atoms with van der Waals surface area (Å²) in [6.45, 7) is 4.11. The van der Waals surface area contributed by atoms with E-state index in [-0.39, 0.29) is 5.84 Å². The predicted octanol–water partition coefficient (Wildman–Crippen LogP) is 2.07. The van der Waals surface area contributed by atoms with Crippen LogP contribution in [0.25, 0.3) is 0 Å². The summed E-state index contributed by atoms with van der Waals surface area (Å²) in [5.41, 5.74) is 7.83. The molecule has 0 aromatic heterocycles. The molecule has 0 amide bonds. The van der Waals surface area contributed by atoms with Gasteiger partial charge in [-0.1, -0.05) is 24.6 Å². The summed E-state index contributed by atoms with van der Waals surface area (Å²) < 4.78 is 5.22. The topological polar surface area (TPSA) is 79.9 Å². The van der Waals surface area contributed by atoms with E-state index >= 15 is 0 Å². The zero-order valence-corrected chi connectivity index (χ0v) is 12.1. The Kier molecular flexibility index (Phi) is 4.49. The Hall–Kier alpha value is -1.75. The molecule has 110 valence electrons. The van der Waals surface area contributed by atoms with E-state index in [1.807, 2.05) is 18.2 Å². The van der Waals surface area contributed by atoms with Crippen molar-refractivity contribution < 1.29 is 9.94 Å². The Bertz CT molecular complexity index is 496. The van der Waals surface area contributed by atoms with E-state index in [9.17, 15) is 0 Å². The van der Waals surface area contributed by atoms with E-state index < -0.39 is 0 Å². The average molecular weight is 277 g/mol. The van der Waals surface area contributed by atoms with Crippen LogP contribution in [0.3, 0.4) is 0 Å². The lowest BCUT2D eigenvalue weighted by atomic mass is 9.70. The van der Waals surface area contributed by atoms with Crippen molar-refractivity contribution in [2.75, 3.05) is 13.7 Å². The van der Waals surface area contributed by atoms with Gasteiger partial charge >= 0.3 is 0 Å². The molecule has 0 spiro atoms. The van der Waals surface area contributed by atoms with Gasteiger partial charge in [-0.3, -0.25) is 0 Å². The number of methoxy groups -OCH3 is 1. The summed E-state index contributed by atoms with van der Waals surface area (Å²) in [4.78, 5) is 0. The van der Waals surface area contributed by atoms with E-state index in [0.717, 1.165) is 18.7 Å². The molecule has 0 atom stereocenters. The molecule has 0 heterocycles. The summed E-state index contributed by atoms with van der Waals surface area (Å²) in [5, 5.41) is 15.3. The number of ether oxygens (including phenoxy) is 1. The molecule has 4 N–H and O–H groups in total. The fourth-order valence-electron chi connectivity index (χ4n) is 2.58. The van der Waals surface area contributed by atoms with Gasteiger partial charge in [-0.25, -0.2) is 0 Å². The van der Waals surface area contributed by atoms with Gasteiger partial charge in [0.05, 0.1) is 12.7 Å².